The van der Waals surface area contributed by atoms with E-state index in [1.54, 1.807) is 11.0 Å². The third-order valence-corrected chi connectivity index (χ3v) is 4.71. The molecule has 1 aliphatic heterocycles. The van der Waals surface area contributed by atoms with Crippen molar-refractivity contribution in [2.24, 2.45) is 0 Å². The molecule has 2 aromatic rings. The number of nitrogens with zero attached hydrogens (tertiary/aromatic N) is 1. The van der Waals surface area contributed by atoms with Crippen LogP contribution in [0.25, 0.3) is 6.08 Å². The van der Waals surface area contributed by atoms with Crippen LogP contribution in [0, 0.1) is 5.82 Å². The van der Waals surface area contributed by atoms with Gasteiger partial charge in [-0.2, -0.15) is 0 Å². The number of benzene rings is 2. The van der Waals surface area contributed by atoms with Crippen LogP contribution >= 0.6 is 12.2 Å². The third kappa shape index (κ3) is 5.37. The second-order valence-corrected chi connectivity index (χ2v) is 6.58. The molecule has 0 bridgehead atoms. The van der Waals surface area contributed by atoms with Crippen LogP contribution in [0.4, 0.5) is 10.1 Å². The van der Waals surface area contributed by atoms with Gasteiger partial charge >= 0.3 is 0 Å². The van der Waals surface area contributed by atoms with Crippen molar-refractivity contribution in [1.82, 2.24) is 4.90 Å². The number of quaternary nitrogens is 1. The Bertz CT molecular complexity index is 725. The highest BCUT2D eigenvalue weighted by molar-refractivity contribution is 7.80. The molecule has 130 valence electrons. The first-order valence-corrected chi connectivity index (χ1v) is 8.98. The number of hydrogen-bond donors (Lipinski definition) is 2. The second-order valence-electron chi connectivity index (χ2n) is 6.19. The maximum Gasteiger partial charge on any atom is 0.173 e. The summed E-state index contributed by atoms with van der Waals surface area (Å²) in [5.41, 5.74) is 1.94. The van der Waals surface area contributed by atoms with Gasteiger partial charge in [0.05, 0.1) is 32.7 Å². The summed E-state index contributed by atoms with van der Waals surface area (Å²) in [6.07, 6.45) is 4.42. The number of halogens is 1. The third-order valence-electron chi connectivity index (χ3n) is 4.35. The monoisotopic (exact) mass is 356 g/mol. The van der Waals surface area contributed by atoms with Crippen LogP contribution in [-0.4, -0.2) is 42.7 Å². The van der Waals surface area contributed by atoms with Crippen LogP contribution in [0.15, 0.2) is 60.7 Å². The molecular weight excluding hydrogens is 333 g/mol. The zero-order chi connectivity index (χ0) is 17.5. The summed E-state index contributed by atoms with van der Waals surface area (Å²) in [4.78, 5) is 3.71. The molecule has 0 spiro atoms. The Morgan fingerprint density at radius 1 is 1.12 bits per heavy atom. The van der Waals surface area contributed by atoms with Gasteiger partial charge in [-0.15, -0.1) is 0 Å². The Morgan fingerprint density at radius 2 is 1.88 bits per heavy atom. The highest BCUT2D eigenvalue weighted by Gasteiger charge is 2.20. The van der Waals surface area contributed by atoms with Gasteiger partial charge in [0.1, 0.15) is 5.82 Å². The molecule has 1 fully saturated rings. The molecule has 0 saturated carbocycles. The number of piperazine rings is 1. The van der Waals surface area contributed by atoms with E-state index in [-0.39, 0.29) is 5.82 Å². The van der Waals surface area contributed by atoms with E-state index in [1.807, 2.05) is 12.1 Å². The molecule has 1 heterocycles. The molecule has 2 aromatic carbocycles. The highest BCUT2D eigenvalue weighted by Crippen LogP contribution is 2.10. The summed E-state index contributed by atoms with van der Waals surface area (Å²) in [6.45, 7) is 4.94. The number of thiocarbonyl (C=S) groups is 1. The molecule has 0 radical (unpaired) electrons. The lowest BCUT2D eigenvalue weighted by Gasteiger charge is -2.33. The first kappa shape index (κ1) is 17.6. The van der Waals surface area contributed by atoms with Gasteiger partial charge in [0.25, 0.3) is 0 Å². The fourth-order valence-electron chi connectivity index (χ4n) is 2.92. The molecule has 2 N–H and O–H groups in total. The minimum Gasteiger partial charge on any atom is -0.338 e. The molecule has 0 unspecified atom stereocenters. The Morgan fingerprint density at radius 3 is 2.60 bits per heavy atom. The minimum absolute atomic E-state index is 0.257. The smallest absolute Gasteiger partial charge is 0.173 e. The van der Waals surface area contributed by atoms with Crippen molar-refractivity contribution in [2.75, 3.05) is 38.0 Å². The van der Waals surface area contributed by atoms with Gasteiger partial charge in [-0.25, -0.2) is 4.39 Å². The molecule has 0 aliphatic carbocycles. The van der Waals surface area contributed by atoms with Crippen molar-refractivity contribution in [3.05, 3.63) is 72.1 Å². The first-order valence-electron chi connectivity index (χ1n) is 8.57. The summed E-state index contributed by atoms with van der Waals surface area (Å²) < 4.78 is 13.2. The van der Waals surface area contributed by atoms with Crippen LogP contribution in [0.2, 0.25) is 0 Å². The van der Waals surface area contributed by atoms with Gasteiger partial charge in [0.15, 0.2) is 5.11 Å². The SMILES string of the molecule is Fc1cccc(NC(=S)N2CC[NH+](C/C=C/c3ccccc3)CC2)c1. The molecule has 3 nitrogen and oxygen atoms in total. The van der Waals surface area contributed by atoms with Crippen LogP contribution in [0.1, 0.15) is 5.56 Å². The Kier molecular flexibility index (Phi) is 6.14. The molecule has 0 aromatic heterocycles. The largest absolute Gasteiger partial charge is 0.338 e. The molecule has 5 heteroatoms. The lowest BCUT2D eigenvalue weighted by atomic mass is 10.2. The number of anilines is 1. The maximum atomic E-state index is 13.2. The van der Waals surface area contributed by atoms with Gasteiger partial charge in [-0.3, -0.25) is 0 Å². The zero-order valence-corrected chi connectivity index (χ0v) is 14.9. The van der Waals surface area contributed by atoms with E-state index in [2.05, 4.69) is 46.6 Å². The predicted molar refractivity (Wildman–Crippen MR) is 105 cm³/mol. The van der Waals surface area contributed by atoms with Crippen LogP contribution < -0.4 is 10.2 Å². The Hall–Kier alpha value is -2.24. The fourth-order valence-corrected chi connectivity index (χ4v) is 3.23. The van der Waals surface area contributed by atoms with Crippen molar-refractivity contribution < 1.29 is 9.29 Å². The first-order chi connectivity index (χ1) is 12.2. The molecule has 25 heavy (non-hydrogen) atoms. The van der Waals surface area contributed by atoms with Crippen LogP contribution in [-0.2, 0) is 0 Å². The maximum absolute atomic E-state index is 13.2. The van der Waals surface area contributed by atoms with Crippen molar-refractivity contribution in [3.8, 4) is 0 Å². The Labute approximate surface area is 153 Å². The van der Waals surface area contributed by atoms with E-state index in [0.717, 1.165) is 32.7 Å². The summed E-state index contributed by atoms with van der Waals surface area (Å²) in [7, 11) is 0. The lowest BCUT2D eigenvalue weighted by Crippen LogP contribution is -3.14. The number of hydrogen-bond acceptors (Lipinski definition) is 1. The van der Waals surface area contributed by atoms with Crippen molar-refractivity contribution in [1.29, 1.82) is 0 Å². The minimum atomic E-state index is -0.257. The molecular formula is C20H23FN3S+. The standard InChI is InChI=1S/C20H22FN3S/c21-18-9-4-10-19(16-18)22-20(25)24-14-12-23(13-15-24)11-5-8-17-6-2-1-3-7-17/h1-10,16H,11-15H2,(H,22,25)/p+1/b8-5+. The highest BCUT2D eigenvalue weighted by atomic mass is 32.1. The van der Waals surface area contributed by atoms with Gasteiger partial charge in [-0.1, -0.05) is 42.5 Å². The molecule has 3 rings (SSSR count). The molecule has 1 saturated heterocycles. The van der Waals surface area contributed by atoms with Crippen LogP contribution in [0.5, 0.6) is 0 Å². The fraction of sp³-hybridized carbons (Fsp3) is 0.250. The summed E-state index contributed by atoms with van der Waals surface area (Å²) in [5, 5.41) is 3.80. The van der Waals surface area contributed by atoms with E-state index >= 15 is 0 Å². The van der Waals surface area contributed by atoms with Gasteiger partial charge in [-0.05, 0) is 42.1 Å². The number of nitrogens with one attached hydrogen (secondary N) is 2. The van der Waals surface area contributed by atoms with E-state index in [4.69, 9.17) is 12.2 Å². The Balaban J connectivity index is 1.43. The van der Waals surface area contributed by atoms with Crippen LogP contribution in [0.3, 0.4) is 0 Å². The second kappa shape index (κ2) is 8.74. The predicted octanol–water partition coefficient (Wildman–Crippen LogP) is 2.44. The molecule has 1 aliphatic rings. The zero-order valence-electron chi connectivity index (χ0n) is 14.1. The summed E-state index contributed by atoms with van der Waals surface area (Å²) in [6, 6.07) is 16.8. The van der Waals surface area contributed by atoms with E-state index in [0.29, 0.717) is 10.8 Å². The topological polar surface area (TPSA) is 19.7 Å². The average Bonchev–Trinajstić information content (AvgIpc) is 2.63. The summed E-state index contributed by atoms with van der Waals surface area (Å²) in [5.74, 6) is -0.257. The summed E-state index contributed by atoms with van der Waals surface area (Å²) >= 11 is 5.46. The van der Waals surface area contributed by atoms with Crippen molar-refractivity contribution >= 4 is 29.1 Å². The number of rotatable bonds is 4. The van der Waals surface area contributed by atoms with E-state index in [9.17, 15) is 4.39 Å². The van der Waals surface area contributed by atoms with Gasteiger partial charge < -0.3 is 15.1 Å². The van der Waals surface area contributed by atoms with E-state index in [1.165, 1.54) is 17.7 Å². The van der Waals surface area contributed by atoms with Crippen molar-refractivity contribution in [3.63, 3.8) is 0 Å². The van der Waals surface area contributed by atoms with E-state index < -0.39 is 0 Å². The lowest BCUT2D eigenvalue weighted by molar-refractivity contribution is -0.897. The molecule has 0 amide bonds. The molecule has 0 atom stereocenters. The van der Waals surface area contributed by atoms with Gasteiger partial charge in [0.2, 0.25) is 0 Å². The van der Waals surface area contributed by atoms with Gasteiger partial charge in [0, 0.05) is 5.69 Å². The quantitative estimate of drug-likeness (QED) is 0.821. The van der Waals surface area contributed by atoms with Crippen molar-refractivity contribution in [2.45, 2.75) is 0 Å². The average molecular weight is 356 g/mol. The normalized spacial score (nSPS) is 15.5.